The number of carbonyl (C=O) groups excluding carboxylic acids is 2. The number of benzene rings is 1. The van der Waals surface area contributed by atoms with Gasteiger partial charge < -0.3 is 15.4 Å². The summed E-state index contributed by atoms with van der Waals surface area (Å²) < 4.78 is 4.89. The molecule has 1 amide bonds. The smallest absolute Gasteiger partial charge is 0.305 e. The van der Waals surface area contributed by atoms with Crippen molar-refractivity contribution in [2.75, 3.05) is 18.6 Å². The Morgan fingerprint density at radius 1 is 1.48 bits per heavy atom. The minimum Gasteiger partial charge on any atom is -0.466 e. The third-order valence-corrected chi connectivity index (χ3v) is 3.81. The summed E-state index contributed by atoms with van der Waals surface area (Å²) >= 11 is 0. The van der Waals surface area contributed by atoms with Gasteiger partial charge in [0, 0.05) is 25.2 Å². The van der Waals surface area contributed by atoms with Gasteiger partial charge in [-0.25, -0.2) is 0 Å². The summed E-state index contributed by atoms with van der Waals surface area (Å²) in [5.74, 6) is -0.0658. The van der Waals surface area contributed by atoms with Gasteiger partial charge in [-0.1, -0.05) is 12.1 Å². The molecule has 1 unspecified atom stereocenters. The summed E-state index contributed by atoms with van der Waals surface area (Å²) in [5.41, 5.74) is 9.17. The molecule has 0 aromatic heterocycles. The average molecular weight is 290 g/mol. The van der Waals surface area contributed by atoms with E-state index in [1.54, 1.807) is 18.9 Å². The maximum absolute atomic E-state index is 11.7. The molecular weight excluding hydrogens is 268 g/mol. The predicted octanol–water partition coefficient (Wildman–Crippen LogP) is 1.94. The summed E-state index contributed by atoms with van der Waals surface area (Å²) in [5, 5.41) is 0. The van der Waals surface area contributed by atoms with Crippen LogP contribution in [0.2, 0.25) is 0 Å². The normalized spacial score (nSPS) is 15.0. The van der Waals surface area contributed by atoms with E-state index < -0.39 is 0 Å². The summed E-state index contributed by atoms with van der Waals surface area (Å²) in [6, 6.07) is 5.79. The number of hydrogen-bond acceptors (Lipinski definition) is 4. The summed E-state index contributed by atoms with van der Waals surface area (Å²) in [4.78, 5) is 24.6. The van der Waals surface area contributed by atoms with Crippen molar-refractivity contribution >= 4 is 17.6 Å². The molecule has 0 radical (unpaired) electrons. The van der Waals surface area contributed by atoms with Gasteiger partial charge in [-0.15, -0.1) is 0 Å². The Labute approximate surface area is 125 Å². The summed E-state index contributed by atoms with van der Waals surface area (Å²) in [6.45, 7) is 2.21. The zero-order valence-electron chi connectivity index (χ0n) is 12.6. The fourth-order valence-electron chi connectivity index (χ4n) is 2.59. The first-order valence-electron chi connectivity index (χ1n) is 7.33. The summed E-state index contributed by atoms with van der Waals surface area (Å²) in [6.07, 6.45) is 2.26. The molecule has 21 heavy (non-hydrogen) atoms. The molecule has 2 N–H and O–H groups in total. The van der Waals surface area contributed by atoms with Crippen LogP contribution in [0, 0.1) is 0 Å². The number of anilines is 1. The Bertz CT molecular complexity index is 542. The van der Waals surface area contributed by atoms with Crippen molar-refractivity contribution in [1.82, 2.24) is 0 Å². The molecule has 0 saturated heterocycles. The van der Waals surface area contributed by atoms with Gasteiger partial charge in [0.05, 0.1) is 13.0 Å². The SMILES string of the molecule is CCOC(=O)CCCC(N)c1ccc2c(c1)CC(=O)N2C. The number of rotatable bonds is 6. The van der Waals surface area contributed by atoms with E-state index in [2.05, 4.69) is 0 Å². The number of carbonyl (C=O) groups is 2. The zero-order valence-corrected chi connectivity index (χ0v) is 12.6. The second kappa shape index (κ2) is 6.72. The molecule has 5 heteroatoms. The number of nitrogens with zero attached hydrogens (tertiary/aromatic N) is 1. The molecule has 0 aliphatic carbocycles. The summed E-state index contributed by atoms with van der Waals surface area (Å²) in [7, 11) is 1.78. The molecule has 1 aromatic carbocycles. The van der Waals surface area contributed by atoms with Crippen LogP contribution in [-0.4, -0.2) is 25.5 Å². The number of likely N-dealkylation sites (N-methyl/N-ethyl adjacent to an activating group) is 1. The van der Waals surface area contributed by atoms with Crippen molar-refractivity contribution in [3.8, 4) is 0 Å². The highest BCUT2D eigenvalue weighted by Crippen LogP contribution is 2.30. The second-order valence-corrected chi connectivity index (χ2v) is 5.32. The standard InChI is InChI=1S/C16H22N2O3/c1-3-21-16(20)6-4-5-13(17)11-7-8-14-12(9-11)10-15(19)18(14)2/h7-9,13H,3-6,10,17H2,1-2H3. The van der Waals surface area contributed by atoms with E-state index in [0.717, 1.165) is 23.2 Å². The van der Waals surface area contributed by atoms with Crippen molar-refractivity contribution in [3.05, 3.63) is 29.3 Å². The van der Waals surface area contributed by atoms with Crippen LogP contribution in [0.25, 0.3) is 0 Å². The fourth-order valence-corrected chi connectivity index (χ4v) is 2.59. The third kappa shape index (κ3) is 3.61. The molecular formula is C16H22N2O3. The molecule has 114 valence electrons. The first kappa shape index (κ1) is 15.5. The molecule has 1 aliphatic heterocycles. The van der Waals surface area contributed by atoms with Crippen LogP contribution in [-0.2, 0) is 20.7 Å². The van der Waals surface area contributed by atoms with Gasteiger partial charge >= 0.3 is 5.97 Å². The van der Waals surface area contributed by atoms with Crippen molar-refractivity contribution < 1.29 is 14.3 Å². The Morgan fingerprint density at radius 2 is 2.24 bits per heavy atom. The highest BCUT2D eigenvalue weighted by atomic mass is 16.5. The van der Waals surface area contributed by atoms with Crippen LogP contribution in [0.4, 0.5) is 5.69 Å². The topological polar surface area (TPSA) is 72.6 Å². The van der Waals surface area contributed by atoms with Crippen LogP contribution in [0.15, 0.2) is 18.2 Å². The largest absolute Gasteiger partial charge is 0.466 e. The van der Waals surface area contributed by atoms with Crippen molar-refractivity contribution in [2.45, 2.75) is 38.6 Å². The Balaban J connectivity index is 1.92. The van der Waals surface area contributed by atoms with Gasteiger partial charge in [0.15, 0.2) is 0 Å². The molecule has 1 aliphatic rings. The Morgan fingerprint density at radius 3 is 2.95 bits per heavy atom. The van der Waals surface area contributed by atoms with Gasteiger partial charge in [-0.3, -0.25) is 9.59 Å². The van der Waals surface area contributed by atoms with E-state index in [9.17, 15) is 9.59 Å². The van der Waals surface area contributed by atoms with Crippen LogP contribution in [0.5, 0.6) is 0 Å². The maximum atomic E-state index is 11.7. The van der Waals surface area contributed by atoms with Crippen molar-refractivity contribution in [2.24, 2.45) is 5.73 Å². The molecule has 1 atom stereocenters. The van der Waals surface area contributed by atoms with Crippen LogP contribution >= 0.6 is 0 Å². The highest BCUT2D eigenvalue weighted by molar-refractivity contribution is 6.00. The number of hydrogen-bond donors (Lipinski definition) is 1. The molecule has 2 rings (SSSR count). The monoisotopic (exact) mass is 290 g/mol. The second-order valence-electron chi connectivity index (χ2n) is 5.32. The number of nitrogens with two attached hydrogens (primary N) is 1. The average Bonchev–Trinajstić information content (AvgIpc) is 2.74. The quantitative estimate of drug-likeness (QED) is 0.813. The first-order valence-corrected chi connectivity index (χ1v) is 7.33. The lowest BCUT2D eigenvalue weighted by atomic mass is 9.99. The molecule has 0 spiro atoms. The minimum atomic E-state index is -0.175. The van der Waals surface area contributed by atoms with E-state index in [1.165, 1.54) is 0 Å². The molecule has 0 bridgehead atoms. The molecule has 0 fully saturated rings. The molecule has 0 saturated carbocycles. The maximum Gasteiger partial charge on any atom is 0.305 e. The van der Waals surface area contributed by atoms with Crippen molar-refractivity contribution in [3.63, 3.8) is 0 Å². The van der Waals surface area contributed by atoms with E-state index in [0.29, 0.717) is 25.9 Å². The highest BCUT2D eigenvalue weighted by Gasteiger charge is 2.24. The van der Waals surface area contributed by atoms with Gasteiger partial charge in [0.2, 0.25) is 5.91 Å². The van der Waals surface area contributed by atoms with Gasteiger partial charge in [0.25, 0.3) is 0 Å². The van der Waals surface area contributed by atoms with Crippen LogP contribution in [0.1, 0.15) is 43.4 Å². The molecule has 1 heterocycles. The fraction of sp³-hybridized carbons (Fsp3) is 0.500. The van der Waals surface area contributed by atoms with E-state index in [1.807, 2.05) is 18.2 Å². The van der Waals surface area contributed by atoms with Gasteiger partial charge in [0.1, 0.15) is 0 Å². The van der Waals surface area contributed by atoms with Crippen LogP contribution < -0.4 is 10.6 Å². The lowest BCUT2D eigenvalue weighted by Crippen LogP contribution is -2.20. The minimum absolute atomic E-state index is 0.109. The zero-order chi connectivity index (χ0) is 15.4. The van der Waals surface area contributed by atoms with Crippen LogP contribution in [0.3, 0.4) is 0 Å². The van der Waals surface area contributed by atoms with Crippen molar-refractivity contribution in [1.29, 1.82) is 0 Å². The predicted molar refractivity (Wildman–Crippen MR) is 81.0 cm³/mol. The molecule has 5 nitrogen and oxygen atoms in total. The van der Waals surface area contributed by atoms with E-state index in [4.69, 9.17) is 10.5 Å². The third-order valence-electron chi connectivity index (χ3n) is 3.81. The number of ether oxygens (including phenoxy) is 1. The lowest BCUT2D eigenvalue weighted by Gasteiger charge is -2.14. The number of amides is 1. The Hall–Kier alpha value is -1.88. The first-order chi connectivity index (χ1) is 10.0. The van der Waals surface area contributed by atoms with E-state index >= 15 is 0 Å². The Kier molecular flexibility index (Phi) is 4.96. The molecule has 1 aromatic rings. The number of fused-ring (bicyclic) bond motifs is 1. The lowest BCUT2D eigenvalue weighted by molar-refractivity contribution is -0.143. The van der Waals surface area contributed by atoms with Gasteiger partial charge in [-0.05, 0) is 37.0 Å². The number of esters is 1. The van der Waals surface area contributed by atoms with E-state index in [-0.39, 0.29) is 17.9 Å². The van der Waals surface area contributed by atoms with Gasteiger partial charge in [-0.2, -0.15) is 0 Å².